The van der Waals surface area contributed by atoms with E-state index >= 15 is 0 Å². The van der Waals surface area contributed by atoms with E-state index in [0.717, 1.165) is 0 Å². The molecule has 1 aromatic rings. The summed E-state index contributed by atoms with van der Waals surface area (Å²) < 4.78 is 0. The molecule has 2 bridgehead atoms. The Morgan fingerprint density at radius 2 is 1.57 bits per heavy atom. The first kappa shape index (κ1) is 16.5. The third kappa shape index (κ3) is 3.32. The Hall–Kier alpha value is -1.31. The van der Waals surface area contributed by atoms with Crippen LogP contribution in [0.1, 0.15) is 93.5 Å². The molecule has 0 unspecified atom stereocenters. The van der Waals surface area contributed by atoms with Crippen molar-refractivity contribution in [3.8, 4) is 0 Å². The minimum atomic E-state index is -0.826. The van der Waals surface area contributed by atoms with Crippen LogP contribution >= 0.6 is 0 Å². The number of hydrogen-bond donors (Lipinski definition) is 1. The van der Waals surface area contributed by atoms with Crippen LogP contribution in [-0.2, 0) is 5.41 Å². The molecule has 2 heteroatoms. The van der Waals surface area contributed by atoms with E-state index < -0.39 is 5.97 Å². The maximum absolute atomic E-state index is 11.0. The van der Waals surface area contributed by atoms with Gasteiger partial charge < -0.3 is 5.11 Å². The van der Waals surface area contributed by atoms with E-state index in [2.05, 4.69) is 19.1 Å². The summed E-state index contributed by atoms with van der Waals surface area (Å²) in [7, 11) is 0. The van der Waals surface area contributed by atoms with Crippen molar-refractivity contribution >= 4 is 5.97 Å². The average molecular weight is 314 g/mol. The molecule has 3 fully saturated rings. The summed E-state index contributed by atoms with van der Waals surface area (Å²) in [4.78, 5) is 11.0. The predicted octanol–water partition coefficient (Wildman–Crippen LogP) is 5.95. The maximum atomic E-state index is 11.0. The molecule has 0 amide bonds. The number of carbonyl (C=O) groups is 1. The van der Waals surface area contributed by atoms with Gasteiger partial charge in [0.05, 0.1) is 5.56 Å². The van der Waals surface area contributed by atoms with Crippen LogP contribution in [0.2, 0.25) is 0 Å². The van der Waals surface area contributed by atoms with Gasteiger partial charge in [-0.05, 0) is 73.5 Å². The monoisotopic (exact) mass is 314 g/mol. The van der Waals surface area contributed by atoms with Gasteiger partial charge in [-0.3, -0.25) is 0 Å². The fourth-order valence-corrected chi connectivity index (χ4v) is 4.96. The Labute approximate surface area is 140 Å². The molecule has 2 nitrogen and oxygen atoms in total. The van der Waals surface area contributed by atoms with Gasteiger partial charge in [-0.1, -0.05) is 44.7 Å². The fourth-order valence-electron chi connectivity index (χ4n) is 4.96. The van der Waals surface area contributed by atoms with Gasteiger partial charge in [0.2, 0.25) is 0 Å². The number of hydrogen-bond acceptors (Lipinski definition) is 1. The largest absolute Gasteiger partial charge is 0.478 e. The fraction of sp³-hybridized carbons (Fsp3) is 0.667. The number of benzene rings is 1. The normalized spacial score (nSPS) is 29.6. The Morgan fingerprint density at radius 3 is 2.09 bits per heavy atom. The SMILES string of the molecule is CCCCCCC12CCC(c3ccc(C(=O)O)cc3)(CC1)CC2. The van der Waals surface area contributed by atoms with Crippen molar-refractivity contribution in [2.75, 3.05) is 0 Å². The zero-order valence-corrected chi connectivity index (χ0v) is 14.4. The second-order valence-electron chi connectivity index (χ2n) is 7.97. The molecule has 0 aliphatic heterocycles. The summed E-state index contributed by atoms with van der Waals surface area (Å²) >= 11 is 0. The lowest BCUT2D eigenvalue weighted by Gasteiger charge is -2.54. The van der Waals surface area contributed by atoms with E-state index in [1.807, 2.05) is 0 Å². The van der Waals surface area contributed by atoms with Crippen LogP contribution in [-0.4, -0.2) is 11.1 Å². The quantitative estimate of drug-likeness (QED) is 0.632. The predicted molar refractivity (Wildman–Crippen MR) is 94.0 cm³/mol. The molecule has 0 aromatic heterocycles. The van der Waals surface area contributed by atoms with Gasteiger partial charge in [0.1, 0.15) is 0 Å². The zero-order chi connectivity index (χ0) is 16.3. The number of carboxylic acid groups (broad SMARTS) is 1. The molecular formula is C21H30O2. The Morgan fingerprint density at radius 1 is 0.957 bits per heavy atom. The molecule has 0 spiro atoms. The van der Waals surface area contributed by atoms with Crippen molar-refractivity contribution in [3.63, 3.8) is 0 Å². The van der Waals surface area contributed by atoms with Crippen molar-refractivity contribution in [2.24, 2.45) is 5.41 Å². The van der Waals surface area contributed by atoms with Crippen LogP contribution in [0.3, 0.4) is 0 Å². The number of unbranched alkanes of at least 4 members (excludes halogenated alkanes) is 3. The van der Waals surface area contributed by atoms with Crippen molar-refractivity contribution < 1.29 is 9.90 Å². The second-order valence-corrected chi connectivity index (χ2v) is 7.97. The average Bonchev–Trinajstić information content (AvgIpc) is 2.60. The van der Waals surface area contributed by atoms with Gasteiger partial charge in [0, 0.05) is 0 Å². The van der Waals surface area contributed by atoms with E-state index in [4.69, 9.17) is 5.11 Å². The third-order valence-electron chi connectivity index (χ3n) is 6.71. The van der Waals surface area contributed by atoms with Gasteiger partial charge in [0.25, 0.3) is 0 Å². The Bertz CT molecular complexity index is 519. The minimum Gasteiger partial charge on any atom is -0.478 e. The summed E-state index contributed by atoms with van der Waals surface area (Å²) in [5.74, 6) is -0.826. The van der Waals surface area contributed by atoms with E-state index in [1.165, 1.54) is 76.2 Å². The molecule has 0 heterocycles. The summed E-state index contributed by atoms with van der Waals surface area (Å²) in [5.41, 5.74) is 2.75. The summed E-state index contributed by atoms with van der Waals surface area (Å²) in [6, 6.07) is 7.72. The summed E-state index contributed by atoms with van der Waals surface area (Å²) in [6.07, 6.45) is 15.0. The maximum Gasteiger partial charge on any atom is 0.335 e. The topological polar surface area (TPSA) is 37.3 Å². The van der Waals surface area contributed by atoms with Crippen LogP contribution in [0.15, 0.2) is 24.3 Å². The van der Waals surface area contributed by atoms with E-state index in [-0.39, 0.29) is 0 Å². The molecule has 3 saturated carbocycles. The van der Waals surface area contributed by atoms with Gasteiger partial charge in [-0.25, -0.2) is 4.79 Å². The van der Waals surface area contributed by atoms with Crippen molar-refractivity contribution in [1.82, 2.24) is 0 Å². The number of fused-ring (bicyclic) bond motifs is 3. The lowest BCUT2D eigenvalue weighted by Crippen LogP contribution is -2.44. The van der Waals surface area contributed by atoms with Gasteiger partial charge in [-0.15, -0.1) is 0 Å². The van der Waals surface area contributed by atoms with Crippen LogP contribution < -0.4 is 0 Å². The molecule has 23 heavy (non-hydrogen) atoms. The smallest absolute Gasteiger partial charge is 0.335 e. The van der Waals surface area contributed by atoms with Crippen LogP contribution in [0.4, 0.5) is 0 Å². The van der Waals surface area contributed by atoms with Crippen LogP contribution in [0, 0.1) is 5.41 Å². The highest BCUT2D eigenvalue weighted by Gasteiger charge is 2.48. The molecule has 0 saturated heterocycles. The number of carboxylic acids is 1. The molecule has 1 aromatic carbocycles. The van der Waals surface area contributed by atoms with Crippen molar-refractivity contribution in [3.05, 3.63) is 35.4 Å². The standard InChI is InChI=1S/C21H30O2/c1-2-3-4-5-10-20-11-14-21(15-12-20,16-13-20)18-8-6-17(7-9-18)19(22)23/h6-9H,2-5,10-16H2,1H3,(H,22,23). The molecule has 0 radical (unpaired) electrons. The highest BCUT2D eigenvalue weighted by molar-refractivity contribution is 5.87. The third-order valence-corrected chi connectivity index (χ3v) is 6.71. The van der Waals surface area contributed by atoms with Gasteiger partial charge >= 0.3 is 5.97 Å². The first-order valence-corrected chi connectivity index (χ1v) is 9.43. The molecule has 3 aliphatic carbocycles. The summed E-state index contributed by atoms with van der Waals surface area (Å²) in [6.45, 7) is 2.28. The molecule has 3 aliphatic rings. The molecule has 0 atom stereocenters. The van der Waals surface area contributed by atoms with Crippen molar-refractivity contribution in [1.29, 1.82) is 0 Å². The highest BCUT2D eigenvalue weighted by Crippen LogP contribution is 2.59. The van der Waals surface area contributed by atoms with Crippen molar-refractivity contribution in [2.45, 2.75) is 83.0 Å². The zero-order valence-electron chi connectivity index (χ0n) is 14.4. The number of rotatable bonds is 7. The summed E-state index contributed by atoms with van der Waals surface area (Å²) in [5, 5.41) is 9.07. The lowest BCUT2D eigenvalue weighted by atomic mass is 9.51. The molecule has 4 rings (SSSR count). The first-order chi connectivity index (χ1) is 11.1. The molecule has 126 valence electrons. The van der Waals surface area contributed by atoms with E-state index in [0.29, 0.717) is 16.4 Å². The Kier molecular flexibility index (Phi) is 4.79. The van der Waals surface area contributed by atoms with Gasteiger partial charge in [0.15, 0.2) is 0 Å². The minimum absolute atomic E-state index is 0.336. The lowest BCUT2D eigenvalue weighted by molar-refractivity contribution is 0.0304. The van der Waals surface area contributed by atoms with Gasteiger partial charge in [-0.2, -0.15) is 0 Å². The molecule has 1 N–H and O–H groups in total. The first-order valence-electron chi connectivity index (χ1n) is 9.43. The second kappa shape index (κ2) is 6.67. The Balaban J connectivity index is 1.63. The highest BCUT2D eigenvalue weighted by atomic mass is 16.4. The van der Waals surface area contributed by atoms with Crippen LogP contribution in [0.5, 0.6) is 0 Å². The van der Waals surface area contributed by atoms with Crippen LogP contribution in [0.25, 0.3) is 0 Å². The molecular weight excluding hydrogens is 284 g/mol. The van der Waals surface area contributed by atoms with E-state index in [9.17, 15) is 4.79 Å². The number of aromatic carboxylic acids is 1. The van der Waals surface area contributed by atoms with E-state index in [1.54, 1.807) is 12.1 Å².